The van der Waals surface area contributed by atoms with E-state index < -0.39 is 0 Å². The number of ether oxygens (including phenoxy) is 1. The topological polar surface area (TPSA) is 58.6 Å². The molecule has 1 saturated heterocycles. The SMILES string of the molecule is COc1ccccc1CCNC(=O)C1CC(=O)N(c2cc(Cl)ccc2C)C1. The number of methoxy groups -OCH3 is 1. The van der Waals surface area contributed by atoms with Gasteiger partial charge in [-0.1, -0.05) is 35.9 Å². The fourth-order valence-corrected chi connectivity index (χ4v) is 3.53. The van der Waals surface area contributed by atoms with Crippen LogP contribution < -0.4 is 15.0 Å². The summed E-state index contributed by atoms with van der Waals surface area (Å²) >= 11 is 6.07. The standard InChI is InChI=1S/C21H23ClN2O3/c1-14-7-8-17(22)12-18(14)24-13-16(11-20(24)25)21(26)23-10-9-15-5-3-4-6-19(15)27-2/h3-8,12,16H,9-11,13H2,1-2H3,(H,23,26). The summed E-state index contributed by atoms with van der Waals surface area (Å²) in [5.41, 5.74) is 2.78. The van der Waals surface area contributed by atoms with Crippen LogP contribution in [-0.2, 0) is 16.0 Å². The molecule has 1 aliphatic rings. The van der Waals surface area contributed by atoms with E-state index >= 15 is 0 Å². The highest BCUT2D eigenvalue weighted by Crippen LogP contribution is 2.30. The molecule has 2 aromatic rings. The van der Waals surface area contributed by atoms with E-state index in [4.69, 9.17) is 16.3 Å². The molecule has 2 amide bonds. The van der Waals surface area contributed by atoms with Gasteiger partial charge in [-0.05, 0) is 42.7 Å². The average Bonchev–Trinajstić information content (AvgIpc) is 3.05. The van der Waals surface area contributed by atoms with E-state index in [0.717, 1.165) is 22.6 Å². The minimum Gasteiger partial charge on any atom is -0.496 e. The van der Waals surface area contributed by atoms with Gasteiger partial charge in [0, 0.05) is 30.2 Å². The van der Waals surface area contributed by atoms with Gasteiger partial charge in [0.05, 0.1) is 13.0 Å². The van der Waals surface area contributed by atoms with Crippen molar-refractivity contribution in [3.05, 3.63) is 58.6 Å². The molecule has 1 unspecified atom stereocenters. The number of carbonyl (C=O) groups excluding carboxylic acids is 2. The van der Waals surface area contributed by atoms with Gasteiger partial charge < -0.3 is 15.0 Å². The van der Waals surface area contributed by atoms with E-state index in [2.05, 4.69) is 5.32 Å². The van der Waals surface area contributed by atoms with Crippen LogP contribution in [0.25, 0.3) is 0 Å². The lowest BCUT2D eigenvalue weighted by Gasteiger charge is -2.19. The Hall–Kier alpha value is -2.53. The number of rotatable bonds is 6. The van der Waals surface area contributed by atoms with Gasteiger partial charge in [-0.2, -0.15) is 0 Å². The van der Waals surface area contributed by atoms with Gasteiger partial charge in [-0.25, -0.2) is 0 Å². The van der Waals surface area contributed by atoms with Crippen molar-refractivity contribution < 1.29 is 14.3 Å². The maximum atomic E-state index is 12.5. The molecule has 2 aromatic carbocycles. The van der Waals surface area contributed by atoms with Crippen LogP contribution in [0.2, 0.25) is 5.02 Å². The van der Waals surface area contributed by atoms with Crippen LogP contribution in [0.3, 0.4) is 0 Å². The number of anilines is 1. The van der Waals surface area contributed by atoms with Crippen LogP contribution in [0.15, 0.2) is 42.5 Å². The zero-order valence-electron chi connectivity index (χ0n) is 15.5. The zero-order chi connectivity index (χ0) is 19.4. The van der Waals surface area contributed by atoms with E-state index in [9.17, 15) is 9.59 Å². The lowest BCUT2D eigenvalue weighted by molar-refractivity contribution is -0.126. The number of aryl methyl sites for hydroxylation is 1. The minimum atomic E-state index is -0.353. The van der Waals surface area contributed by atoms with Gasteiger partial charge in [0.15, 0.2) is 0 Å². The molecule has 0 spiro atoms. The first-order valence-electron chi connectivity index (χ1n) is 8.95. The Labute approximate surface area is 164 Å². The number of hydrogen-bond donors (Lipinski definition) is 1. The first kappa shape index (κ1) is 19.2. The molecule has 1 aliphatic heterocycles. The number of nitrogens with zero attached hydrogens (tertiary/aromatic N) is 1. The second kappa shape index (κ2) is 8.44. The van der Waals surface area contributed by atoms with Crippen LogP contribution in [0.1, 0.15) is 17.5 Å². The van der Waals surface area contributed by atoms with Crippen molar-refractivity contribution in [2.24, 2.45) is 5.92 Å². The lowest BCUT2D eigenvalue weighted by atomic mass is 10.1. The average molecular weight is 387 g/mol. The Bertz CT molecular complexity index is 853. The molecule has 1 fully saturated rings. The molecule has 1 N–H and O–H groups in total. The molecule has 3 rings (SSSR count). The molecule has 1 heterocycles. The molecule has 142 valence electrons. The summed E-state index contributed by atoms with van der Waals surface area (Å²) in [6.45, 7) is 2.81. The summed E-state index contributed by atoms with van der Waals surface area (Å²) in [4.78, 5) is 26.6. The number of nitrogens with one attached hydrogen (secondary N) is 1. The Morgan fingerprint density at radius 2 is 2.07 bits per heavy atom. The van der Waals surface area contributed by atoms with Crippen molar-refractivity contribution in [2.75, 3.05) is 25.1 Å². The van der Waals surface area contributed by atoms with Gasteiger partial charge in [-0.15, -0.1) is 0 Å². The molecule has 0 aromatic heterocycles. The molecule has 27 heavy (non-hydrogen) atoms. The van der Waals surface area contributed by atoms with Crippen molar-refractivity contribution in [2.45, 2.75) is 19.8 Å². The molecule has 0 aliphatic carbocycles. The van der Waals surface area contributed by atoms with Crippen molar-refractivity contribution in [3.63, 3.8) is 0 Å². The van der Waals surface area contributed by atoms with Gasteiger partial charge in [-0.3, -0.25) is 9.59 Å². The molecule has 0 saturated carbocycles. The summed E-state index contributed by atoms with van der Waals surface area (Å²) in [5, 5.41) is 3.52. The van der Waals surface area contributed by atoms with E-state index in [-0.39, 0.29) is 24.2 Å². The number of halogens is 1. The Balaban J connectivity index is 1.58. The van der Waals surface area contributed by atoms with Crippen molar-refractivity contribution >= 4 is 29.1 Å². The monoisotopic (exact) mass is 386 g/mol. The molecular formula is C21H23ClN2O3. The van der Waals surface area contributed by atoms with Crippen LogP contribution in [0.4, 0.5) is 5.69 Å². The Morgan fingerprint density at radius 1 is 1.30 bits per heavy atom. The second-order valence-corrected chi connectivity index (χ2v) is 7.13. The molecular weight excluding hydrogens is 364 g/mol. The molecule has 6 heteroatoms. The highest BCUT2D eigenvalue weighted by molar-refractivity contribution is 6.31. The zero-order valence-corrected chi connectivity index (χ0v) is 16.3. The summed E-state index contributed by atoms with van der Waals surface area (Å²) in [7, 11) is 1.63. The van der Waals surface area contributed by atoms with Crippen LogP contribution in [0, 0.1) is 12.8 Å². The Morgan fingerprint density at radius 3 is 2.85 bits per heavy atom. The highest BCUT2D eigenvalue weighted by atomic mass is 35.5. The van der Waals surface area contributed by atoms with E-state index in [1.807, 2.05) is 37.3 Å². The fourth-order valence-electron chi connectivity index (χ4n) is 3.36. The van der Waals surface area contributed by atoms with Crippen molar-refractivity contribution in [1.29, 1.82) is 0 Å². The summed E-state index contributed by atoms with van der Waals surface area (Å²) < 4.78 is 5.33. The maximum absolute atomic E-state index is 12.5. The quantitative estimate of drug-likeness (QED) is 0.828. The first-order chi connectivity index (χ1) is 13.0. The van der Waals surface area contributed by atoms with Gasteiger partial charge in [0.1, 0.15) is 5.75 Å². The molecule has 5 nitrogen and oxygen atoms in total. The van der Waals surface area contributed by atoms with E-state index in [1.54, 1.807) is 24.1 Å². The number of amides is 2. The summed E-state index contributed by atoms with van der Waals surface area (Å²) in [6, 6.07) is 13.2. The third-order valence-electron chi connectivity index (χ3n) is 4.84. The third kappa shape index (κ3) is 4.42. The van der Waals surface area contributed by atoms with Crippen molar-refractivity contribution in [1.82, 2.24) is 5.32 Å². The van der Waals surface area contributed by atoms with Crippen LogP contribution in [-0.4, -0.2) is 32.0 Å². The molecule has 0 bridgehead atoms. The number of hydrogen-bond acceptors (Lipinski definition) is 3. The molecule has 1 atom stereocenters. The second-order valence-electron chi connectivity index (χ2n) is 6.69. The number of benzene rings is 2. The minimum absolute atomic E-state index is 0.0507. The summed E-state index contributed by atoms with van der Waals surface area (Å²) in [6.07, 6.45) is 0.889. The Kier molecular flexibility index (Phi) is 6.01. The van der Waals surface area contributed by atoms with Crippen LogP contribution in [0.5, 0.6) is 5.75 Å². The van der Waals surface area contributed by atoms with Crippen LogP contribution >= 0.6 is 11.6 Å². The van der Waals surface area contributed by atoms with Crippen molar-refractivity contribution in [3.8, 4) is 5.75 Å². The largest absolute Gasteiger partial charge is 0.496 e. The predicted molar refractivity (Wildman–Crippen MR) is 106 cm³/mol. The lowest BCUT2D eigenvalue weighted by Crippen LogP contribution is -2.34. The highest BCUT2D eigenvalue weighted by Gasteiger charge is 2.35. The normalized spacial score (nSPS) is 16.5. The first-order valence-corrected chi connectivity index (χ1v) is 9.33. The number of carbonyl (C=O) groups is 2. The van der Waals surface area contributed by atoms with E-state index in [0.29, 0.717) is 24.5 Å². The fraction of sp³-hybridized carbons (Fsp3) is 0.333. The van der Waals surface area contributed by atoms with Gasteiger partial charge in [0.2, 0.25) is 11.8 Å². The molecule has 0 radical (unpaired) electrons. The predicted octanol–water partition coefficient (Wildman–Crippen LogP) is 3.37. The number of para-hydroxylation sites is 1. The summed E-state index contributed by atoms with van der Waals surface area (Å²) in [5.74, 6) is 0.310. The smallest absolute Gasteiger partial charge is 0.227 e. The maximum Gasteiger partial charge on any atom is 0.227 e. The van der Waals surface area contributed by atoms with E-state index in [1.165, 1.54) is 0 Å². The van der Waals surface area contributed by atoms with Gasteiger partial charge in [0.25, 0.3) is 0 Å². The third-order valence-corrected chi connectivity index (χ3v) is 5.08. The van der Waals surface area contributed by atoms with Gasteiger partial charge >= 0.3 is 0 Å².